The maximum Gasteiger partial charge on any atom is 0.292 e. The third kappa shape index (κ3) is 3.93. The molecular formula is C15H21N3O3. The molecule has 1 aromatic rings. The minimum atomic E-state index is -0.422. The van der Waals surface area contributed by atoms with Crippen LogP contribution in [0.25, 0.3) is 0 Å². The lowest BCUT2D eigenvalue weighted by Gasteiger charge is -2.26. The van der Waals surface area contributed by atoms with Crippen LogP contribution in [-0.2, 0) is 4.79 Å². The number of nitro groups is 1. The maximum absolute atomic E-state index is 12.2. The smallest absolute Gasteiger partial charge is 0.292 e. The van der Waals surface area contributed by atoms with Gasteiger partial charge in [0.1, 0.15) is 5.69 Å². The van der Waals surface area contributed by atoms with E-state index in [-0.39, 0.29) is 17.6 Å². The molecular weight excluding hydrogens is 270 g/mol. The minimum Gasteiger partial charge on any atom is -0.379 e. The summed E-state index contributed by atoms with van der Waals surface area (Å²) in [5, 5.41) is 13.9. The zero-order valence-electron chi connectivity index (χ0n) is 12.4. The molecule has 6 nitrogen and oxygen atoms in total. The van der Waals surface area contributed by atoms with Gasteiger partial charge in [-0.05, 0) is 32.8 Å². The van der Waals surface area contributed by atoms with Crippen molar-refractivity contribution in [1.29, 1.82) is 0 Å². The van der Waals surface area contributed by atoms with E-state index < -0.39 is 4.92 Å². The number of nitrogens with zero attached hydrogens (tertiary/aromatic N) is 2. The second kappa shape index (κ2) is 6.56. The van der Waals surface area contributed by atoms with Crippen LogP contribution in [0, 0.1) is 10.1 Å². The highest BCUT2D eigenvalue weighted by atomic mass is 16.6. The number of hydrogen-bond acceptors (Lipinski definition) is 4. The lowest BCUT2D eigenvalue weighted by Crippen LogP contribution is -2.39. The number of carbonyl (C=O) groups is 1. The average molecular weight is 291 g/mol. The molecule has 6 heteroatoms. The molecule has 2 rings (SSSR count). The normalized spacial score (nSPS) is 14.0. The summed E-state index contributed by atoms with van der Waals surface area (Å²) in [6, 6.07) is 7.07. The first kappa shape index (κ1) is 15.3. The molecule has 0 unspecified atom stereocenters. The molecule has 1 aliphatic carbocycles. The number of amides is 1. The molecule has 0 atom stereocenters. The molecule has 1 amide bonds. The van der Waals surface area contributed by atoms with Gasteiger partial charge in [-0.25, -0.2) is 0 Å². The number of nitro benzene ring substituents is 1. The fourth-order valence-electron chi connectivity index (χ4n) is 2.48. The molecule has 1 N–H and O–H groups in total. The SMILES string of the molecule is CC(C)N(C(=O)CCNc1ccccc1[N+](=O)[O-])C1CC1. The van der Waals surface area contributed by atoms with Gasteiger partial charge in [-0.3, -0.25) is 14.9 Å². The summed E-state index contributed by atoms with van der Waals surface area (Å²) in [4.78, 5) is 24.6. The van der Waals surface area contributed by atoms with Gasteiger partial charge in [-0.2, -0.15) is 0 Å². The van der Waals surface area contributed by atoms with Gasteiger partial charge in [0.25, 0.3) is 5.69 Å². The van der Waals surface area contributed by atoms with Crippen molar-refractivity contribution in [2.24, 2.45) is 0 Å². The van der Waals surface area contributed by atoms with Gasteiger partial charge in [-0.1, -0.05) is 12.1 Å². The Bertz CT molecular complexity index is 525. The molecule has 0 aromatic heterocycles. The van der Waals surface area contributed by atoms with E-state index in [9.17, 15) is 14.9 Å². The van der Waals surface area contributed by atoms with Crippen LogP contribution in [0.2, 0.25) is 0 Å². The predicted molar refractivity (Wildman–Crippen MR) is 81.2 cm³/mol. The van der Waals surface area contributed by atoms with Crippen molar-refractivity contribution in [1.82, 2.24) is 4.90 Å². The summed E-state index contributed by atoms with van der Waals surface area (Å²) in [5.74, 6) is 0.110. The molecule has 0 heterocycles. The van der Waals surface area contributed by atoms with Crippen LogP contribution >= 0.6 is 0 Å². The lowest BCUT2D eigenvalue weighted by molar-refractivity contribution is -0.384. The summed E-state index contributed by atoms with van der Waals surface area (Å²) in [5.41, 5.74) is 0.491. The Balaban J connectivity index is 1.89. The monoisotopic (exact) mass is 291 g/mol. The van der Waals surface area contributed by atoms with Gasteiger partial charge in [0.15, 0.2) is 0 Å². The fourth-order valence-corrected chi connectivity index (χ4v) is 2.48. The largest absolute Gasteiger partial charge is 0.379 e. The van der Waals surface area contributed by atoms with E-state index in [1.807, 2.05) is 18.7 Å². The molecule has 0 saturated heterocycles. The van der Waals surface area contributed by atoms with Crippen LogP contribution < -0.4 is 5.32 Å². The summed E-state index contributed by atoms with van der Waals surface area (Å²) >= 11 is 0. The van der Waals surface area contributed by atoms with E-state index in [1.54, 1.807) is 18.2 Å². The Hall–Kier alpha value is -2.11. The summed E-state index contributed by atoms with van der Waals surface area (Å²) < 4.78 is 0. The zero-order chi connectivity index (χ0) is 15.4. The van der Waals surface area contributed by atoms with Crippen LogP contribution in [0.4, 0.5) is 11.4 Å². The van der Waals surface area contributed by atoms with Gasteiger partial charge >= 0.3 is 0 Å². The molecule has 0 bridgehead atoms. The Kier molecular flexibility index (Phi) is 4.77. The molecule has 1 saturated carbocycles. The van der Waals surface area contributed by atoms with E-state index >= 15 is 0 Å². The lowest BCUT2D eigenvalue weighted by atomic mass is 10.2. The van der Waals surface area contributed by atoms with E-state index in [0.29, 0.717) is 24.7 Å². The maximum atomic E-state index is 12.2. The van der Waals surface area contributed by atoms with Crippen molar-refractivity contribution >= 4 is 17.3 Å². The third-order valence-corrected chi connectivity index (χ3v) is 3.54. The Morgan fingerprint density at radius 1 is 1.43 bits per heavy atom. The number of rotatable bonds is 7. The Morgan fingerprint density at radius 3 is 2.67 bits per heavy atom. The highest BCUT2D eigenvalue weighted by molar-refractivity contribution is 5.78. The molecule has 1 fully saturated rings. The van der Waals surface area contributed by atoms with Crippen molar-refractivity contribution < 1.29 is 9.72 Å². The quantitative estimate of drug-likeness (QED) is 0.619. The Morgan fingerprint density at radius 2 is 2.10 bits per heavy atom. The van der Waals surface area contributed by atoms with Gasteiger partial charge in [0.05, 0.1) is 4.92 Å². The first-order chi connectivity index (χ1) is 10.0. The van der Waals surface area contributed by atoms with E-state index in [2.05, 4.69) is 5.32 Å². The van der Waals surface area contributed by atoms with Crippen molar-refractivity contribution in [3.05, 3.63) is 34.4 Å². The number of anilines is 1. The number of para-hydroxylation sites is 2. The summed E-state index contributed by atoms with van der Waals surface area (Å²) in [6.45, 7) is 4.44. The second-order valence-corrected chi connectivity index (χ2v) is 5.58. The number of nitrogens with one attached hydrogen (secondary N) is 1. The molecule has 1 aliphatic rings. The summed E-state index contributed by atoms with van der Waals surface area (Å²) in [7, 11) is 0. The van der Waals surface area contributed by atoms with Crippen LogP contribution in [0.3, 0.4) is 0 Å². The summed E-state index contributed by atoms with van der Waals surface area (Å²) in [6.07, 6.45) is 2.52. The first-order valence-electron chi connectivity index (χ1n) is 7.29. The molecule has 114 valence electrons. The van der Waals surface area contributed by atoms with E-state index in [4.69, 9.17) is 0 Å². The fraction of sp³-hybridized carbons (Fsp3) is 0.533. The van der Waals surface area contributed by atoms with Crippen LogP contribution in [0.5, 0.6) is 0 Å². The molecule has 0 radical (unpaired) electrons. The van der Waals surface area contributed by atoms with Crippen LogP contribution in [0.1, 0.15) is 33.1 Å². The topological polar surface area (TPSA) is 75.5 Å². The standard InChI is InChI=1S/C15H21N3O3/c1-11(2)17(12-7-8-12)15(19)9-10-16-13-5-3-4-6-14(13)18(20)21/h3-6,11-12,16H,7-10H2,1-2H3. The first-order valence-corrected chi connectivity index (χ1v) is 7.29. The van der Waals surface area contributed by atoms with Crippen molar-refractivity contribution in [2.45, 2.75) is 45.2 Å². The third-order valence-electron chi connectivity index (χ3n) is 3.54. The van der Waals surface area contributed by atoms with E-state index in [0.717, 1.165) is 12.8 Å². The van der Waals surface area contributed by atoms with Gasteiger partial charge in [-0.15, -0.1) is 0 Å². The van der Waals surface area contributed by atoms with E-state index in [1.165, 1.54) is 6.07 Å². The van der Waals surface area contributed by atoms with Crippen molar-refractivity contribution in [2.75, 3.05) is 11.9 Å². The molecule has 21 heavy (non-hydrogen) atoms. The second-order valence-electron chi connectivity index (χ2n) is 5.58. The van der Waals surface area contributed by atoms with Gasteiger partial charge in [0.2, 0.25) is 5.91 Å². The number of carbonyl (C=O) groups excluding carboxylic acids is 1. The zero-order valence-corrected chi connectivity index (χ0v) is 12.4. The highest BCUT2D eigenvalue weighted by Gasteiger charge is 2.33. The minimum absolute atomic E-state index is 0.0351. The van der Waals surface area contributed by atoms with Crippen molar-refractivity contribution in [3.63, 3.8) is 0 Å². The average Bonchev–Trinajstić information content (AvgIpc) is 3.23. The molecule has 0 spiro atoms. The van der Waals surface area contributed by atoms with Crippen LogP contribution in [0.15, 0.2) is 24.3 Å². The van der Waals surface area contributed by atoms with Crippen LogP contribution in [-0.4, -0.2) is 34.4 Å². The Labute approximate surface area is 124 Å². The molecule has 1 aromatic carbocycles. The highest BCUT2D eigenvalue weighted by Crippen LogP contribution is 2.29. The number of benzene rings is 1. The van der Waals surface area contributed by atoms with Gasteiger partial charge in [0, 0.05) is 31.1 Å². The molecule has 0 aliphatic heterocycles. The predicted octanol–water partition coefficient (Wildman–Crippen LogP) is 2.80. The van der Waals surface area contributed by atoms with Crippen molar-refractivity contribution in [3.8, 4) is 0 Å². The number of hydrogen-bond donors (Lipinski definition) is 1. The van der Waals surface area contributed by atoms with Gasteiger partial charge < -0.3 is 10.2 Å².